The number of ether oxygens (including phenoxy) is 1. The third-order valence-corrected chi connectivity index (χ3v) is 4.31. The summed E-state index contributed by atoms with van der Waals surface area (Å²) in [5.41, 5.74) is 8.46. The van der Waals surface area contributed by atoms with Gasteiger partial charge in [-0.25, -0.2) is 0 Å². The van der Waals surface area contributed by atoms with Crippen LogP contribution in [0.2, 0.25) is 0 Å². The van der Waals surface area contributed by atoms with Crippen LogP contribution in [0.1, 0.15) is 30.4 Å². The molecule has 0 saturated carbocycles. The minimum Gasteiger partial charge on any atom is -0.493 e. The average molecular weight is 246 g/mol. The summed E-state index contributed by atoms with van der Waals surface area (Å²) in [5, 5.41) is 0. The molecule has 0 spiro atoms. The van der Waals surface area contributed by atoms with Crippen molar-refractivity contribution in [1.29, 1.82) is 0 Å². The van der Waals surface area contributed by atoms with Crippen molar-refractivity contribution in [2.45, 2.75) is 31.7 Å². The van der Waals surface area contributed by atoms with E-state index in [0.717, 1.165) is 38.4 Å². The van der Waals surface area contributed by atoms with Crippen LogP contribution in [-0.2, 0) is 6.42 Å². The van der Waals surface area contributed by atoms with Crippen molar-refractivity contribution in [3.8, 4) is 5.75 Å². The molecule has 3 rings (SSSR count). The van der Waals surface area contributed by atoms with Crippen LogP contribution in [0.5, 0.6) is 5.75 Å². The molecular weight excluding hydrogens is 224 g/mol. The van der Waals surface area contributed by atoms with Gasteiger partial charge in [-0.1, -0.05) is 12.1 Å². The van der Waals surface area contributed by atoms with Crippen LogP contribution >= 0.6 is 0 Å². The van der Waals surface area contributed by atoms with E-state index in [2.05, 4.69) is 30.0 Å². The van der Waals surface area contributed by atoms with Gasteiger partial charge in [0.15, 0.2) is 0 Å². The molecule has 0 amide bonds. The van der Waals surface area contributed by atoms with Gasteiger partial charge in [0.1, 0.15) is 5.75 Å². The number of hydrogen-bond donors (Lipinski definition) is 1. The first-order valence-electron chi connectivity index (χ1n) is 6.97. The first kappa shape index (κ1) is 12.0. The van der Waals surface area contributed by atoms with Crippen molar-refractivity contribution in [1.82, 2.24) is 4.90 Å². The molecule has 1 saturated heterocycles. The zero-order valence-corrected chi connectivity index (χ0v) is 11.1. The van der Waals surface area contributed by atoms with Gasteiger partial charge in [-0.2, -0.15) is 0 Å². The molecular formula is C15H22N2O. The molecule has 0 radical (unpaired) electrons. The Morgan fingerprint density at radius 2 is 2.33 bits per heavy atom. The number of nitrogens with zero attached hydrogens (tertiary/aromatic N) is 1. The highest BCUT2D eigenvalue weighted by Crippen LogP contribution is 2.35. The Bertz CT molecular complexity index is 433. The fourth-order valence-corrected chi connectivity index (χ4v) is 3.25. The monoisotopic (exact) mass is 246 g/mol. The summed E-state index contributed by atoms with van der Waals surface area (Å²) < 4.78 is 5.67. The second-order valence-electron chi connectivity index (χ2n) is 5.53. The zero-order chi connectivity index (χ0) is 12.5. The van der Waals surface area contributed by atoms with Gasteiger partial charge in [0.05, 0.1) is 6.61 Å². The molecule has 0 aromatic heterocycles. The molecule has 3 nitrogen and oxygen atoms in total. The van der Waals surface area contributed by atoms with Crippen molar-refractivity contribution < 1.29 is 4.74 Å². The van der Waals surface area contributed by atoms with Gasteiger partial charge < -0.3 is 10.5 Å². The predicted molar refractivity (Wildman–Crippen MR) is 73.1 cm³/mol. The predicted octanol–water partition coefficient (Wildman–Crippen LogP) is 1.76. The molecule has 98 valence electrons. The topological polar surface area (TPSA) is 38.5 Å². The Labute approximate surface area is 109 Å². The minimum absolute atomic E-state index is 0.640. The summed E-state index contributed by atoms with van der Waals surface area (Å²) in [5.74, 6) is 1.75. The number of likely N-dealkylation sites (tertiary alicyclic amines) is 1. The SMILES string of the molecule is CC1CC(c2ccc3c(c2)OCC3)CN1CCN. The van der Waals surface area contributed by atoms with Crippen LogP contribution in [0.25, 0.3) is 0 Å². The van der Waals surface area contributed by atoms with E-state index in [1.807, 2.05) is 0 Å². The summed E-state index contributed by atoms with van der Waals surface area (Å²) in [4.78, 5) is 2.50. The van der Waals surface area contributed by atoms with Crippen molar-refractivity contribution in [3.63, 3.8) is 0 Å². The Hall–Kier alpha value is -1.06. The Kier molecular flexibility index (Phi) is 3.27. The lowest BCUT2D eigenvalue weighted by atomic mass is 9.95. The van der Waals surface area contributed by atoms with E-state index in [0.29, 0.717) is 12.0 Å². The van der Waals surface area contributed by atoms with Crippen LogP contribution in [0.15, 0.2) is 18.2 Å². The molecule has 2 aliphatic rings. The van der Waals surface area contributed by atoms with E-state index in [9.17, 15) is 0 Å². The average Bonchev–Trinajstić information content (AvgIpc) is 2.96. The first-order chi connectivity index (χ1) is 8.78. The van der Waals surface area contributed by atoms with Gasteiger partial charge >= 0.3 is 0 Å². The largest absolute Gasteiger partial charge is 0.493 e. The second kappa shape index (κ2) is 4.90. The summed E-state index contributed by atoms with van der Waals surface area (Å²) in [7, 11) is 0. The molecule has 3 heteroatoms. The van der Waals surface area contributed by atoms with Crippen molar-refractivity contribution >= 4 is 0 Å². The molecule has 0 aliphatic carbocycles. The summed E-state index contributed by atoms with van der Waals surface area (Å²) in [6.07, 6.45) is 2.30. The lowest BCUT2D eigenvalue weighted by Crippen LogP contribution is -2.32. The Morgan fingerprint density at radius 1 is 1.44 bits per heavy atom. The molecule has 18 heavy (non-hydrogen) atoms. The van der Waals surface area contributed by atoms with E-state index in [1.165, 1.54) is 17.5 Å². The number of hydrogen-bond acceptors (Lipinski definition) is 3. The Morgan fingerprint density at radius 3 is 3.17 bits per heavy atom. The molecule has 1 fully saturated rings. The lowest BCUT2D eigenvalue weighted by molar-refractivity contribution is 0.275. The van der Waals surface area contributed by atoms with E-state index in [-0.39, 0.29) is 0 Å². The fraction of sp³-hybridized carbons (Fsp3) is 0.600. The maximum atomic E-state index is 5.67. The highest BCUT2D eigenvalue weighted by molar-refractivity contribution is 5.41. The van der Waals surface area contributed by atoms with Crippen LogP contribution < -0.4 is 10.5 Å². The summed E-state index contributed by atoms with van der Waals surface area (Å²) >= 11 is 0. The molecule has 1 aromatic carbocycles. The van der Waals surface area contributed by atoms with Crippen molar-refractivity contribution in [2.75, 3.05) is 26.2 Å². The summed E-state index contributed by atoms with van der Waals surface area (Å²) in [6, 6.07) is 7.43. The maximum Gasteiger partial charge on any atom is 0.122 e. The Balaban J connectivity index is 1.76. The molecule has 2 N–H and O–H groups in total. The third-order valence-electron chi connectivity index (χ3n) is 4.31. The molecule has 0 bridgehead atoms. The van der Waals surface area contributed by atoms with E-state index in [4.69, 9.17) is 10.5 Å². The quantitative estimate of drug-likeness (QED) is 0.883. The van der Waals surface area contributed by atoms with Gasteiger partial charge in [0.2, 0.25) is 0 Å². The highest BCUT2D eigenvalue weighted by Gasteiger charge is 2.30. The van der Waals surface area contributed by atoms with Gasteiger partial charge in [-0.15, -0.1) is 0 Å². The first-order valence-corrected chi connectivity index (χ1v) is 6.97. The molecule has 2 atom stereocenters. The van der Waals surface area contributed by atoms with Crippen LogP contribution in [-0.4, -0.2) is 37.2 Å². The van der Waals surface area contributed by atoms with E-state index < -0.39 is 0 Å². The van der Waals surface area contributed by atoms with Crippen molar-refractivity contribution in [3.05, 3.63) is 29.3 Å². The van der Waals surface area contributed by atoms with Gasteiger partial charge in [0, 0.05) is 32.1 Å². The van der Waals surface area contributed by atoms with Gasteiger partial charge in [0.25, 0.3) is 0 Å². The number of rotatable bonds is 3. The smallest absolute Gasteiger partial charge is 0.122 e. The number of nitrogens with two attached hydrogens (primary N) is 1. The minimum atomic E-state index is 0.640. The fourth-order valence-electron chi connectivity index (χ4n) is 3.25. The van der Waals surface area contributed by atoms with Crippen LogP contribution in [0.4, 0.5) is 0 Å². The van der Waals surface area contributed by atoms with Crippen LogP contribution in [0, 0.1) is 0 Å². The number of benzene rings is 1. The van der Waals surface area contributed by atoms with Crippen molar-refractivity contribution in [2.24, 2.45) is 5.73 Å². The molecule has 2 heterocycles. The molecule has 2 aliphatic heterocycles. The normalized spacial score (nSPS) is 27.2. The second-order valence-corrected chi connectivity index (χ2v) is 5.53. The van der Waals surface area contributed by atoms with Gasteiger partial charge in [-0.3, -0.25) is 4.90 Å². The maximum absolute atomic E-state index is 5.67. The molecule has 1 aromatic rings. The van der Waals surface area contributed by atoms with Crippen LogP contribution in [0.3, 0.4) is 0 Å². The summed E-state index contributed by atoms with van der Waals surface area (Å²) in [6.45, 7) is 6.05. The highest BCUT2D eigenvalue weighted by atomic mass is 16.5. The number of fused-ring (bicyclic) bond motifs is 1. The van der Waals surface area contributed by atoms with Gasteiger partial charge in [-0.05, 0) is 36.5 Å². The van der Waals surface area contributed by atoms with E-state index in [1.54, 1.807) is 0 Å². The van der Waals surface area contributed by atoms with E-state index >= 15 is 0 Å². The standard InChI is InChI=1S/C15H22N2O/c1-11-8-14(10-17(11)6-5-16)13-3-2-12-4-7-18-15(12)9-13/h2-3,9,11,14H,4-8,10,16H2,1H3. The zero-order valence-electron chi connectivity index (χ0n) is 11.1. The third kappa shape index (κ3) is 2.13. The lowest BCUT2D eigenvalue weighted by Gasteiger charge is -2.19. The molecule has 2 unspecified atom stereocenters.